The van der Waals surface area contributed by atoms with Crippen molar-refractivity contribution in [2.45, 2.75) is 45.7 Å². The Hall–Kier alpha value is -1.83. The van der Waals surface area contributed by atoms with Crippen LogP contribution in [0.3, 0.4) is 0 Å². The Morgan fingerprint density at radius 1 is 1.28 bits per heavy atom. The number of halogens is 1. The van der Waals surface area contributed by atoms with Crippen molar-refractivity contribution in [3.05, 3.63) is 65.5 Å². The molecule has 6 nitrogen and oxygen atoms in total. The minimum Gasteiger partial charge on any atom is -0.397 e. The fourth-order valence-electron chi connectivity index (χ4n) is 3.63. The van der Waals surface area contributed by atoms with Crippen LogP contribution in [0, 0.1) is 6.07 Å². The summed E-state index contributed by atoms with van der Waals surface area (Å²) in [5, 5.41) is 3.61. The summed E-state index contributed by atoms with van der Waals surface area (Å²) in [6.45, 7) is 13.4. The largest absolute Gasteiger partial charge is 1.00 e. The molecule has 1 unspecified atom stereocenters. The number of hydrogen-bond donors (Lipinski definition) is 3. The summed E-state index contributed by atoms with van der Waals surface area (Å²) in [6, 6.07) is 10.5. The fraction of sp³-hybridized carbons (Fsp3) is 0.333. The van der Waals surface area contributed by atoms with Gasteiger partial charge in [-0.15, -0.1) is 0 Å². The average Bonchev–Trinajstić information content (AvgIpc) is 2.75. The van der Waals surface area contributed by atoms with Gasteiger partial charge < -0.3 is 21.7 Å². The first-order chi connectivity index (χ1) is 14.9. The number of aromatic nitrogens is 1. The van der Waals surface area contributed by atoms with Crippen LogP contribution in [-0.4, -0.2) is 22.3 Å². The van der Waals surface area contributed by atoms with Gasteiger partial charge in [-0.1, -0.05) is 56.2 Å². The van der Waals surface area contributed by atoms with Gasteiger partial charge in [0.2, 0.25) is 0 Å². The summed E-state index contributed by atoms with van der Waals surface area (Å²) in [4.78, 5) is 11.5. The van der Waals surface area contributed by atoms with E-state index in [1.165, 1.54) is 0 Å². The number of benzene rings is 1. The van der Waals surface area contributed by atoms with Crippen LogP contribution >= 0.6 is 11.6 Å². The molecule has 164 valence electrons. The number of unbranched alkanes of at least 4 members (excludes halogenated alkanes) is 1. The number of nitrogens with one attached hydrogen (secondary N) is 1. The van der Waals surface area contributed by atoms with Crippen LogP contribution in [0.15, 0.2) is 42.4 Å². The quantitative estimate of drug-likeness (QED) is 0.231. The van der Waals surface area contributed by atoms with E-state index in [-0.39, 0.29) is 29.6 Å². The molecule has 1 atom stereocenters. The van der Waals surface area contributed by atoms with E-state index in [9.17, 15) is 0 Å². The molecule has 1 aromatic heterocycles. The molecule has 5 N–H and O–H groups in total. The van der Waals surface area contributed by atoms with Crippen LogP contribution in [-0.2, 0) is 0 Å². The third-order valence-corrected chi connectivity index (χ3v) is 5.41. The number of amidine groups is 1. The zero-order valence-corrected chi connectivity index (χ0v) is 22.0. The Kier molecular flexibility index (Phi) is 9.80. The third kappa shape index (κ3) is 5.74. The number of nitrogens with zero attached hydrogens (tertiary/aromatic N) is 3. The molecule has 0 fully saturated rings. The van der Waals surface area contributed by atoms with Gasteiger partial charge in [0.15, 0.2) is 0 Å². The molecule has 32 heavy (non-hydrogen) atoms. The second-order valence-corrected chi connectivity index (χ2v) is 7.97. The van der Waals surface area contributed by atoms with Crippen molar-refractivity contribution < 1.29 is 29.6 Å². The zero-order valence-electron chi connectivity index (χ0n) is 19.2. The molecule has 0 bridgehead atoms. The molecule has 0 amide bonds. The molecule has 8 heteroatoms. The van der Waals surface area contributed by atoms with E-state index in [0.717, 1.165) is 60.6 Å². The summed E-state index contributed by atoms with van der Waals surface area (Å²) in [7, 11) is 0. The summed E-state index contributed by atoms with van der Waals surface area (Å²) < 4.78 is 0. The van der Waals surface area contributed by atoms with Gasteiger partial charge in [-0.2, -0.15) is 18.2 Å². The maximum atomic E-state index is 6.57. The molecule has 1 aliphatic heterocycles. The van der Waals surface area contributed by atoms with E-state index in [1.807, 2.05) is 12.1 Å². The first-order valence-corrected chi connectivity index (χ1v) is 11.0. The summed E-state index contributed by atoms with van der Waals surface area (Å²) in [5.41, 5.74) is 17.4. The molecular weight excluding hydrogens is 431 g/mol. The Labute approximate surface area is 218 Å². The van der Waals surface area contributed by atoms with Gasteiger partial charge >= 0.3 is 29.6 Å². The van der Waals surface area contributed by atoms with Crippen LogP contribution in [0.25, 0.3) is 11.4 Å². The van der Waals surface area contributed by atoms with Crippen molar-refractivity contribution in [1.29, 1.82) is 0 Å². The van der Waals surface area contributed by atoms with E-state index in [2.05, 4.69) is 48.3 Å². The molecule has 0 spiro atoms. The molecule has 1 aromatic carbocycles. The Bertz CT molecular complexity index is 1020. The molecule has 2 heterocycles. The Morgan fingerprint density at radius 2 is 2.03 bits per heavy atom. The van der Waals surface area contributed by atoms with E-state index < -0.39 is 6.17 Å². The van der Waals surface area contributed by atoms with Crippen molar-refractivity contribution in [3.63, 3.8) is 0 Å². The smallest absolute Gasteiger partial charge is 0.397 e. The van der Waals surface area contributed by atoms with Gasteiger partial charge in [-0.25, -0.2) is 4.98 Å². The van der Waals surface area contributed by atoms with Crippen LogP contribution in [0.5, 0.6) is 0 Å². The molecular formula is C24H30ClN6Na. The van der Waals surface area contributed by atoms with Crippen molar-refractivity contribution in [2.75, 3.05) is 11.9 Å². The SMILES string of the molecule is C=C(N)c1nc(Cl)ccc1NC(N)c1c[c-]cc2c1N=C(CCCC)N(CCC)C2=C.[Na+]. The molecule has 0 radical (unpaired) electrons. The molecule has 2 aromatic rings. The Balaban J connectivity index is 0.00000363. The standard InChI is InChI=1S/C24H30ClN6.Na/c1-5-7-11-21-30-23-17(16(4)31(21)14-6-2)9-8-10-18(23)24(27)28-19-12-13-20(25)29-22(19)15(3)26;/h9-10,12-13,24,28H,3-7,11,14,26-27H2,1-2H3;/q-1;+1. The fourth-order valence-corrected chi connectivity index (χ4v) is 3.78. The number of anilines is 1. The van der Waals surface area contributed by atoms with Crippen molar-refractivity contribution in [2.24, 2.45) is 16.5 Å². The zero-order chi connectivity index (χ0) is 22.5. The van der Waals surface area contributed by atoms with Gasteiger partial charge in [-0.3, -0.25) is 4.99 Å². The van der Waals surface area contributed by atoms with Crippen LogP contribution in [0.4, 0.5) is 11.4 Å². The minimum atomic E-state index is -0.561. The van der Waals surface area contributed by atoms with Crippen molar-refractivity contribution in [3.8, 4) is 0 Å². The molecule has 0 saturated heterocycles. The molecule has 0 saturated carbocycles. The maximum absolute atomic E-state index is 6.57. The number of hydrogen-bond acceptors (Lipinski definition) is 6. The predicted molar refractivity (Wildman–Crippen MR) is 131 cm³/mol. The number of nitrogens with two attached hydrogens (primary N) is 2. The van der Waals surface area contributed by atoms with E-state index in [4.69, 9.17) is 28.1 Å². The van der Waals surface area contributed by atoms with Gasteiger partial charge in [0.05, 0.1) is 17.6 Å². The number of fused-ring (bicyclic) bond motifs is 1. The van der Waals surface area contributed by atoms with Gasteiger partial charge in [0.1, 0.15) is 16.7 Å². The maximum Gasteiger partial charge on any atom is 1.00 e. The van der Waals surface area contributed by atoms with Crippen LogP contribution < -0.4 is 46.3 Å². The average molecular weight is 461 g/mol. The second kappa shape index (κ2) is 11.9. The van der Waals surface area contributed by atoms with Gasteiger partial charge in [-0.05, 0) is 36.4 Å². The van der Waals surface area contributed by atoms with Crippen molar-refractivity contribution in [1.82, 2.24) is 9.88 Å². The van der Waals surface area contributed by atoms with Gasteiger partial charge in [0.25, 0.3) is 0 Å². The van der Waals surface area contributed by atoms with Crippen molar-refractivity contribution >= 4 is 40.2 Å². The summed E-state index contributed by atoms with van der Waals surface area (Å²) in [5.74, 6) is 1.03. The normalized spacial score (nSPS) is 13.7. The summed E-state index contributed by atoms with van der Waals surface area (Å²) in [6.07, 6.45) is 3.52. The first-order valence-electron chi connectivity index (χ1n) is 10.6. The summed E-state index contributed by atoms with van der Waals surface area (Å²) >= 11 is 6.02. The molecule has 3 rings (SSSR count). The van der Waals surface area contributed by atoms with E-state index in [0.29, 0.717) is 22.2 Å². The number of aliphatic imine (C=N–C) groups is 1. The van der Waals surface area contributed by atoms with Crippen LogP contribution in [0.2, 0.25) is 5.15 Å². The Morgan fingerprint density at radius 3 is 2.69 bits per heavy atom. The molecule has 1 aliphatic rings. The second-order valence-electron chi connectivity index (χ2n) is 7.58. The van der Waals surface area contributed by atoms with E-state index in [1.54, 1.807) is 12.1 Å². The topological polar surface area (TPSA) is 92.6 Å². The number of pyridine rings is 1. The number of rotatable bonds is 9. The third-order valence-electron chi connectivity index (χ3n) is 5.20. The minimum absolute atomic E-state index is 0. The van der Waals surface area contributed by atoms with Gasteiger partial charge in [0, 0.05) is 13.0 Å². The first kappa shape index (κ1) is 26.4. The molecule has 0 aliphatic carbocycles. The monoisotopic (exact) mass is 460 g/mol. The predicted octanol–water partition coefficient (Wildman–Crippen LogP) is 2.45. The van der Waals surface area contributed by atoms with E-state index >= 15 is 0 Å². The van der Waals surface area contributed by atoms with Crippen LogP contribution in [0.1, 0.15) is 62.5 Å².